The quantitative estimate of drug-likeness (QED) is 0.876. The van der Waals surface area contributed by atoms with Crippen molar-refractivity contribution in [3.63, 3.8) is 0 Å². The number of rotatable bonds is 1. The number of aromatic amines is 1. The van der Waals surface area contributed by atoms with Crippen molar-refractivity contribution in [2.45, 2.75) is 0 Å². The molecule has 0 atom stereocenters. The molecule has 1 N–H and O–H groups in total. The Kier molecular flexibility index (Phi) is 2.88. The van der Waals surface area contributed by atoms with Gasteiger partial charge in [0.15, 0.2) is 0 Å². The van der Waals surface area contributed by atoms with Crippen molar-refractivity contribution in [2.75, 3.05) is 0 Å². The van der Waals surface area contributed by atoms with E-state index in [1.807, 2.05) is 18.2 Å². The average Bonchev–Trinajstić information content (AvgIpc) is 2.24. The second kappa shape index (κ2) is 4.16. The second-order valence-corrected chi connectivity index (χ2v) is 4.14. The van der Waals surface area contributed by atoms with Crippen molar-refractivity contribution >= 4 is 27.5 Å². The molecule has 5 heteroatoms. The Balaban J connectivity index is 2.59. The van der Waals surface area contributed by atoms with Crippen LogP contribution in [0.4, 0.5) is 0 Å². The van der Waals surface area contributed by atoms with Gasteiger partial charge in [0.1, 0.15) is 0 Å². The Bertz CT molecular complexity index is 533. The maximum absolute atomic E-state index is 10.8. The number of halogens is 2. The molecule has 0 aliphatic carbocycles. The van der Waals surface area contributed by atoms with Crippen LogP contribution in [0.2, 0.25) is 5.02 Å². The molecule has 0 spiro atoms. The van der Waals surface area contributed by atoms with E-state index in [1.54, 1.807) is 6.07 Å². The van der Waals surface area contributed by atoms with Gasteiger partial charge in [0.25, 0.3) is 5.56 Å². The van der Waals surface area contributed by atoms with Crippen LogP contribution in [0.3, 0.4) is 0 Å². The monoisotopic (exact) mass is 284 g/mol. The average molecular weight is 286 g/mol. The fraction of sp³-hybridized carbons (Fsp3) is 0. The van der Waals surface area contributed by atoms with Crippen molar-refractivity contribution in [1.82, 2.24) is 10.2 Å². The fourth-order valence-corrected chi connectivity index (χ4v) is 1.79. The molecule has 0 bridgehead atoms. The topological polar surface area (TPSA) is 45.8 Å². The zero-order valence-corrected chi connectivity index (χ0v) is 9.84. The largest absolute Gasteiger partial charge is 0.268 e. The molecule has 1 aromatic carbocycles. The Hall–Kier alpha value is -1.13. The van der Waals surface area contributed by atoms with E-state index in [9.17, 15) is 4.79 Å². The number of benzene rings is 1. The summed E-state index contributed by atoms with van der Waals surface area (Å²) in [5, 5.41) is 6.85. The maximum Gasteiger partial charge on any atom is 0.264 e. The van der Waals surface area contributed by atoms with E-state index in [0.29, 0.717) is 10.7 Å². The van der Waals surface area contributed by atoms with E-state index in [1.165, 1.54) is 6.07 Å². The lowest BCUT2D eigenvalue weighted by Crippen LogP contribution is -2.05. The van der Waals surface area contributed by atoms with Crippen LogP contribution in [0.1, 0.15) is 0 Å². The van der Waals surface area contributed by atoms with E-state index in [4.69, 9.17) is 11.6 Å². The molecule has 1 aromatic heterocycles. The first-order chi connectivity index (χ1) is 7.18. The van der Waals surface area contributed by atoms with Crippen LogP contribution in [0.15, 0.2) is 39.6 Å². The van der Waals surface area contributed by atoms with Crippen LogP contribution in [-0.2, 0) is 0 Å². The predicted octanol–water partition coefficient (Wildman–Crippen LogP) is 2.85. The molecule has 1 heterocycles. The first-order valence-electron chi connectivity index (χ1n) is 4.18. The number of aromatic nitrogens is 2. The molecular weight excluding hydrogens is 279 g/mol. The summed E-state index contributed by atoms with van der Waals surface area (Å²) in [5.41, 5.74) is 1.19. The van der Waals surface area contributed by atoms with Gasteiger partial charge in [-0.15, -0.1) is 0 Å². The van der Waals surface area contributed by atoms with Gasteiger partial charge in [-0.05, 0) is 28.1 Å². The minimum atomic E-state index is -0.232. The van der Waals surface area contributed by atoms with Crippen molar-refractivity contribution in [1.29, 1.82) is 0 Å². The SMILES string of the molecule is O=c1ccc(-c2cccc(Br)c2Cl)n[nH]1. The first kappa shape index (κ1) is 10.4. The predicted molar refractivity (Wildman–Crippen MR) is 63.0 cm³/mol. The van der Waals surface area contributed by atoms with E-state index < -0.39 is 0 Å². The van der Waals surface area contributed by atoms with E-state index in [-0.39, 0.29) is 5.56 Å². The molecule has 15 heavy (non-hydrogen) atoms. The third-order valence-corrected chi connectivity index (χ3v) is 3.20. The van der Waals surface area contributed by atoms with Crippen molar-refractivity contribution < 1.29 is 0 Å². The summed E-state index contributed by atoms with van der Waals surface area (Å²) >= 11 is 9.41. The van der Waals surface area contributed by atoms with Crippen LogP contribution in [0.25, 0.3) is 11.3 Å². The molecular formula is C10H6BrClN2O. The van der Waals surface area contributed by atoms with Crippen molar-refractivity contribution in [3.05, 3.63) is 50.2 Å². The molecule has 0 amide bonds. The zero-order chi connectivity index (χ0) is 10.8. The summed E-state index contributed by atoms with van der Waals surface area (Å²) in [7, 11) is 0. The third kappa shape index (κ3) is 2.11. The van der Waals surface area contributed by atoms with E-state index in [0.717, 1.165) is 10.0 Å². The highest BCUT2D eigenvalue weighted by atomic mass is 79.9. The van der Waals surface area contributed by atoms with Gasteiger partial charge in [-0.2, -0.15) is 5.10 Å². The Morgan fingerprint density at radius 1 is 1.27 bits per heavy atom. The van der Waals surface area contributed by atoms with Gasteiger partial charge < -0.3 is 0 Å². The van der Waals surface area contributed by atoms with Crippen LogP contribution < -0.4 is 5.56 Å². The number of hydrogen-bond donors (Lipinski definition) is 1. The minimum absolute atomic E-state index is 0.232. The molecule has 0 aliphatic rings. The molecule has 0 saturated heterocycles. The number of H-pyrrole nitrogens is 1. The fourth-order valence-electron chi connectivity index (χ4n) is 1.20. The summed E-state index contributed by atoms with van der Waals surface area (Å²) < 4.78 is 0.801. The summed E-state index contributed by atoms with van der Waals surface area (Å²) in [4.78, 5) is 10.8. The lowest BCUT2D eigenvalue weighted by atomic mass is 10.1. The Morgan fingerprint density at radius 3 is 2.73 bits per heavy atom. The molecule has 0 aliphatic heterocycles. The van der Waals surface area contributed by atoms with Crippen LogP contribution >= 0.6 is 27.5 Å². The highest BCUT2D eigenvalue weighted by Gasteiger charge is 2.07. The third-order valence-electron chi connectivity index (χ3n) is 1.91. The van der Waals surface area contributed by atoms with Crippen LogP contribution in [-0.4, -0.2) is 10.2 Å². The highest BCUT2D eigenvalue weighted by molar-refractivity contribution is 9.10. The van der Waals surface area contributed by atoms with Gasteiger partial charge in [0.05, 0.1) is 10.7 Å². The normalized spacial score (nSPS) is 10.3. The molecule has 0 radical (unpaired) electrons. The lowest BCUT2D eigenvalue weighted by Gasteiger charge is -2.03. The Labute approximate surface area is 99.2 Å². The standard InChI is InChI=1S/C10H6BrClN2O/c11-7-3-1-2-6(10(7)12)8-4-5-9(15)14-13-8/h1-5H,(H,14,15). The van der Waals surface area contributed by atoms with Gasteiger partial charge in [0, 0.05) is 16.1 Å². The number of nitrogens with zero attached hydrogens (tertiary/aromatic N) is 1. The molecule has 0 unspecified atom stereocenters. The van der Waals surface area contributed by atoms with Gasteiger partial charge in [-0.3, -0.25) is 4.79 Å². The zero-order valence-electron chi connectivity index (χ0n) is 7.50. The summed E-state index contributed by atoms with van der Waals surface area (Å²) in [5.74, 6) is 0. The molecule has 0 fully saturated rings. The van der Waals surface area contributed by atoms with Crippen LogP contribution in [0, 0.1) is 0 Å². The summed E-state index contributed by atoms with van der Waals surface area (Å²) in [6, 6.07) is 8.59. The van der Waals surface area contributed by atoms with Gasteiger partial charge in [0.2, 0.25) is 0 Å². The van der Waals surface area contributed by atoms with Crippen molar-refractivity contribution in [2.24, 2.45) is 0 Å². The maximum atomic E-state index is 10.8. The molecule has 76 valence electrons. The van der Waals surface area contributed by atoms with Crippen LogP contribution in [0.5, 0.6) is 0 Å². The number of hydrogen-bond acceptors (Lipinski definition) is 2. The smallest absolute Gasteiger partial charge is 0.264 e. The summed E-state index contributed by atoms with van der Waals surface area (Å²) in [6.07, 6.45) is 0. The first-order valence-corrected chi connectivity index (χ1v) is 5.35. The van der Waals surface area contributed by atoms with E-state index >= 15 is 0 Å². The molecule has 0 saturated carbocycles. The van der Waals surface area contributed by atoms with Gasteiger partial charge in [-0.1, -0.05) is 23.7 Å². The second-order valence-electron chi connectivity index (χ2n) is 2.91. The highest BCUT2D eigenvalue weighted by Crippen LogP contribution is 2.31. The van der Waals surface area contributed by atoms with E-state index in [2.05, 4.69) is 26.1 Å². The van der Waals surface area contributed by atoms with Gasteiger partial charge in [-0.25, -0.2) is 5.10 Å². The van der Waals surface area contributed by atoms with Gasteiger partial charge >= 0.3 is 0 Å². The summed E-state index contributed by atoms with van der Waals surface area (Å²) in [6.45, 7) is 0. The Morgan fingerprint density at radius 2 is 2.07 bits per heavy atom. The van der Waals surface area contributed by atoms with Crippen molar-refractivity contribution in [3.8, 4) is 11.3 Å². The number of nitrogens with one attached hydrogen (secondary N) is 1. The lowest BCUT2D eigenvalue weighted by molar-refractivity contribution is 0.995. The minimum Gasteiger partial charge on any atom is -0.268 e. The molecule has 2 aromatic rings. The molecule has 3 nitrogen and oxygen atoms in total. The molecule has 2 rings (SSSR count).